The van der Waals surface area contributed by atoms with Crippen LogP contribution in [0.25, 0.3) is 22.3 Å². The number of nitrogens with zero attached hydrogens (tertiary/aromatic N) is 8. The van der Waals surface area contributed by atoms with Gasteiger partial charge >= 0.3 is 6.09 Å². The van der Waals surface area contributed by atoms with Crippen LogP contribution in [-0.4, -0.2) is 84.9 Å². The molecule has 2 N–H and O–H groups in total. The van der Waals surface area contributed by atoms with Gasteiger partial charge in [0.2, 0.25) is 5.95 Å². The fourth-order valence-corrected chi connectivity index (χ4v) is 5.94. The van der Waals surface area contributed by atoms with Crippen LogP contribution >= 0.6 is 0 Å². The molecule has 226 valence electrons. The van der Waals surface area contributed by atoms with Gasteiger partial charge in [0.1, 0.15) is 11.4 Å². The molecule has 43 heavy (non-hydrogen) atoms. The molecule has 0 spiro atoms. The lowest BCUT2D eigenvalue weighted by Gasteiger charge is -2.34. The number of likely N-dealkylation sites (tertiary alicyclic amines) is 1. The SMILES string of the molecule is CNc1nn(C2CCN(c3ncc(C4CCN(C(=O)OC(C)(C)C)CC4)cn3)CC2)c2cc(-c3ccccc3O)nnc12. The maximum atomic E-state index is 12.4. The zero-order valence-electron chi connectivity index (χ0n) is 25.2. The number of amides is 1. The molecule has 2 aliphatic rings. The number of hydrogen-bond acceptors (Lipinski definition) is 10. The van der Waals surface area contributed by atoms with Crippen molar-refractivity contribution in [2.75, 3.05) is 43.4 Å². The van der Waals surface area contributed by atoms with Crippen LogP contribution in [0, 0.1) is 0 Å². The van der Waals surface area contributed by atoms with Crippen molar-refractivity contribution in [1.29, 1.82) is 0 Å². The van der Waals surface area contributed by atoms with Crippen molar-refractivity contribution < 1.29 is 14.6 Å². The third-order valence-electron chi connectivity index (χ3n) is 8.24. The normalized spacial score (nSPS) is 16.9. The fourth-order valence-electron chi connectivity index (χ4n) is 5.94. The van der Waals surface area contributed by atoms with Crippen molar-refractivity contribution >= 4 is 28.9 Å². The molecule has 12 nitrogen and oxygen atoms in total. The number of para-hydroxylation sites is 1. The summed E-state index contributed by atoms with van der Waals surface area (Å²) < 4.78 is 7.57. The predicted octanol–water partition coefficient (Wildman–Crippen LogP) is 4.99. The van der Waals surface area contributed by atoms with E-state index in [4.69, 9.17) is 19.8 Å². The minimum absolute atomic E-state index is 0.168. The van der Waals surface area contributed by atoms with Gasteiger partial charge in [-0.2, -0.15) is 5.10 Å². The zero-order valence-corrected chi connectivity index (χ0v) is 25.2. The monoisotopic (exact) mass is 585 g/mol. The maximum absolute atomic E-state index is 12.4. The van der Waals surface area contributed by atoms with E-state index in [9.17, 15) is 9.90 Å². The number of piperidine rings is 2. The van der Waals surface area contributed by atoms with Crippen molar-refractivity contribution in [2.45, 2.75) is 64.0 Å². The first-order chi connectivity index (χ1) is 20.7. The third-order valence-corrected chi connectivity index (χ3v) is 8.24. The van der Waals surface area contributed by atoms with Gasteiger partial charge in [-0.1, -0.05) is 12.1 Å². The molecule has 12 heteroatoms. The maximum Gasteiger partial charge on any atom is 0.410 e. The van der Waals surface area contributed by atoms with Crippen molar-refractivity contribution in [1.82, 2.24) is 34.8 Å². The van der Waals surface area contributed by atoms with E-state index in [1.807, 2.05) is 63.1 Å². The molecule has 0 saturated carbocycles. The molecular formula is C31H39N9O3. The minimum Gasteiger partial charge on any atom is -0.507 e. The second-order valence-corrected chi connectivity index (χ2v) is 12.3. The van der Waals surface area contributed by atoms with Crippen LogP contribution in [0.3, 0.4) is 0 Å². The third kappa shape index (κ3) is 6.04. The summed E-state index contributed by atoms with van der Waals surface area (Å²) >= 11 is 0. The van der Waals surface area contributed by atoms with E-state index in [1.54, 1.807) is 17.0 Å². The van der Waals surface area contributed by atoms with Gasteiger partial charge in [-0.3, -0.25) is 4.68 Å². The number of benzene rings is 1. The summed E-state index contributed by atoms with van der Waals surface area (Å²) in [7, 11) is 1.83. The molecule has 0 bridgehead atoms. The van der Waals surface area contributed by atoms with Crippen LogP contribution in [0.5, 0.6) is 5.75 Å². The van der Waals surface area contributed by atoms with Gasteiger partial charge in [0.15, 0.2) is 11.3 Å². The molecule has 2 aliphatic heterocycles. The summed E-state index contributed by atoms with van der Waals surface area (Å²) in [5.41, 5.74) is 3.47. The standard InChI is InChI=1S/C31H39N9O3/c1-31(2,3)43-30(42)39-13-9-20(10-14-39)21-18-33-29(34-19-21)38-15-11-22(12-16-38)40-25-17-24(23-7-5-6-8-26(23)41)35-36-27(25)28(32-4)37-40/h5-8,17-20,22,41H,9-16H2,1-4H3,(H,32,37). The number of phenolic OH excluding ortho intramolecular Hbond substituents is 1. The number of carbonyl (C=O) groups is 1. The predicted molar refractivity (Wildman–Crippen MR) is 164 cm³/mol. The van der Waals surface area contributed by atoms with E-state index in [0.29, 0.717) is 41.6 Å². The lowest BCUT2D eigenvalue weighted by atomic mass is 9.91. The fraction of sp³-hybridized carbons (Fsp3) is 0.484. The van der Waals surface area contributed by atoms with Crippen molar-refractivity contribution in [3.05, 3.63) is 48.3 Å². The van der Waals surface area contributed by atoms with Crippen molar-refractivity contribution in [3.63, 3.8) is 0 Å². The first-order valence-corrected chi connectivity index (χ1v) is 15.0. The van der Waals surface area contributed by atoms with E-state index in [1.165, 1.54) is 0 Å². The second kappa shape index (κ2) is 11.7. The Morgan fingerprint density at radius 2 is 1.70 bits per heavy atom. The van der Waals surface area contributed by atoms with E-state index in [2.05, 4.69) is 20.4 Å². The van der Waals surface area contributed by atoms with Gasteiger partial charge in [0, 0.05) is 51.2 Å². The number of anilines is 2. The van der Waals surface area contributed by atoms with Gasteiger partial charge in [-0.25, -0.2) is 14.8 Å². The Balaban J connectivity index is 1.10. The molecule has 4 aromatic rings. The quantitative estimate of drug-likeness (QED) is 0.330. The van der Waals surface area contributed by atoms with Gasteiger partial charge in [-0.05, 0) is 76.1 Å². The molecular weight excluding hydrogens is 546 g/mol. The Labute approximate surface area is 251 Å². The van der Waals surface area contributed by atoms with E-state index in [-0.39, 0.29) is 17.9 Å². The molecule has 0 radical (unpaired) electrons. The summed E-state index contributed by atoms with van der Waals surface area (Å²) in [6.45, 7) is 8.63. The number of ether oxygens (including phenoxy) is 1. The number of rotatable bonds is 5. The summed E-state index contributed by atoms with van der Waals surface area (Å²) in [6, 6.07) is 9.28. The van der Waals surface area contributed by atoms with Gasteiger partial charge < -0.3 is 25.0 Å². The molecule has 1 aromatic carbocycles. The Bertz CT molecular complexity index is 1580. The molecule has 0 atom stereocenters. The first-order valence-electron chi connectivity index (χ1n) is 15.0. The van der Waals surface area contributed by atoms with Crippen molar-refractivity contribution in [3.8, 4) is 17.0 Å². The zero-order chi connectivity index (χ0) is 30.1. The molecule has 1 amide bonds. The Kier molecular flexibility index (Phi) is 7.76. The Morgan fingerprint density at radius 1 is 1.00 bits per heavy atom. The minimum atomic E-state index is -0.487. The number of nitrogens with one attached hydrogen (secondary N) is 1. The number of aromatic nitrogens is 6. The van der Waals surface area contributed by atoms with E-state index < -0.39 is 5.60 Å². The second-order valence-electron chi connectivity index (χ2n) is 12.3. The average Bonchev–Trinajstić information content (AvgIpc) is 3.39. The van der Waals surface area contributed by atoms with Crippen LogP contribution in [0.15, 0.2) is 42.7 Å². The van der Waals surface area contributed by atoms with Crippen LogP contribution < -0.4 is 10.2 Å². The number of carbonyl (C=O) groups excluding carboxylic acids is 1. The summed E-state index contributed by atoms with van der Waals surface area (Å²) in [5, 5.41) is 27.2. The smallest absolute Gasteiger partial charge is 0.410 e. The number of phenols is 1. The number of hydrogen-bond donors (Lipinski definition) is 2. The molecule has 5 heterocycles. The summed E-state index contributed by atoms with van der Waals surface area (Å²) in [6.07, 6.45) is 7.15. The van der Waals surface area contributed by atoms with Crippen LogP contribution in [0.4, 0.5) is 16.6 Å². The van der Waals surface area contributed by atoms with Gasteiger partial charge in [0.25, 0.3) is 0 Å². The average molecular weight is 586 g/mol. The van der Waals surface area contributed by atoms with E-state index >= 15 is 0 Å². The molecule has 2 fully saturated rings. The van der Waals surface area contributed by atoms with Crippen LogP contribution in [0.2, 0.25) is 0 Å². The highest BCUT2D eigenvalue weighted by Crippen LogP contribution is 2.34. The largest absolute Gasteiger partial charge is 0.507 e. The molecule has 0 unspecified atom stereocenters. The summed E-state index contributed by atoms with van der Waals surface area (Å²) in [4.78, 5) is 25.9. The molecule has 3 aromatic heterocycles. The van der Waals surface area contributed by atoms with Gasteiger partial charge in [-0.15, -0.1) is 10.2 Å². The highest BCUT2D eigenvalue weighted by Gasteiger charge is 2.29. The number of fused-ring (bicyclic) bond motifs is 1. The topological polar surface area (TPSA) is 134 Å². The highest BCUT2D eigenvalue weighted by molar-refractivity contribution is 5.88. The van der Waals surface area contributed by atoms with Gasteiger partial charge in [0.05, 0.1) is 17.3 Å². The lowest BCUT2D eigenvalue weighted by molar-refractivity contribution is 0.0204. The molecule has 2 saturated heterocycles. The molecule has 0 aliphatic carbocycles. The van der Waals surface area contributed by atoms with E-state index in [0.717, 1.165) is 55.8 Å². The molecule has 6 rings (SSSR count). The van der Waals surface area contributed by atoms with Crippen molar-refractivity contribution in [2.24, 2.45) is 0 Å². The number of aromatic hydroxyl groups is 1. The van der Waals surface area contributed by atoms with Crippen LogP contribution in [-0.2, 0) is 4.74 Å². The lowest BCUT2D eigenvalue weighted by Crippen LogP contribution is -2.41. The first kappa shape index (κ1) is 28.6. The Hall–Kier alpha value is -4.48. The Morgan fingerprint density at radius 3 is 2.35 bits per heavy atom. The highest BCUT2D eigenvalue weighted by atomic mass is 16.6. The summed E-state index contributed by atoms with van der Waals surface area (Å²) in [5.74, 6) is 1.92. The van der Waals surface area contributed by atoms with Crippen LogP contribution in [0.1, 0.15) is 64.0 Å².